The van der Waals surface area contributed by atoms with E-state index in [4.69, 9.17) is 16.3 Å². The summed E-state index contributed by atoms with van der Waals surface area (Å²) >= 11 is 12.9. The summed E-state index contributed by atoms with van der Waals surface area (Å²) in [6.45, 7) is 1.76. The number of carbonyl (C=O) groups is 3. The molecule has 0 spiro atoms. The Morgan fingerprint density at radius 2 is 1.86 bits per heavy atom. The molecule has 35 heavy (non-hydrogen) atoms. The third-order valence-corrected chi connectivity index (χ3v) is 6.40. The van der Waals surface area contributed by atoms with Crippen molar-refractivity contribution >= 4 is 73.1 Å². The number of aryl methyl sites for hydroxylation is 1. The Hall–Kier alpha value is -3.01. The van der Waals surface area contributed by atoms with Gasteiger partial charge in [-0.1, -0.05) is 45.7 Å². The summed E-state index contributed by atoms with van der Waals surface area (Å²) in [4.78, 5) is 39.4. The lowest BCUT2D eigenvalue weighted by atomic mass is 10.0. The van der Waals surface area contributed by atoms with Gasteiger partial charge in [-0.15, -0.1) is 0 Å². The number of barbiturate groups is 1. The monoisotopic (exact) mass is 620 g/mol. The summed E-state index contributed by atoms with van der Waals surface area (Å²) in [6, 6.07) is 13.3. The second-order valence-corrected chi connectivity index (χ2v) is 9.82. The SMILES string of the molecule is Cc1ccc(Cl)cc1N1C(=O)NC(=O)/C(=C\c2cc(Br)cc(Br)c2OCc2cccc(F)c2)C1=O. The van der Waals surface area contributed by atoms with E-state index < -0.39 is 23.7 Å². The fourth-order valence-electron chi connectivity index (χ4n) is 3.48. The first-order valence-electron chi connectivity index (χ1n) is 10.2. The van der Waals surface area contributed by atoms with Crippen LogP contribution >= 0.6 is 43.5 Å². The van der Waals surface area contributed by atoms with E-state index in [0.717, 1.165) is 4.90 Å². The molecule has 3 aromatic rings. The number of ether oxygens (including phenoxy) is 1. The van der Waals surface area contributed by atoms with Gasteiger partial charge in [-0.3, -0.25) is 14.9 Å². The molecule has 0 radical (unpaired) electrons. The molecule has 0 atom stereocenters. The van der Waals surface area contributed by atoms with Crippen molar-refractivity contribution in [2.24, 2.45) is 0 Å². The molecule has 0 aromatic heterocycles. The maximum absolute atomic E-state index is 13.6. The first kappa shape index (κ1) is 25.1. The zero-order chi connectivity index (χ0) is 25.3. The van der Waals surface area contributed by atoms with Crippen LogP contribution in [-0.4, -0.2) is 17.8 Å². The van der Waals surface area contributed by atoms with E-state index in [1.165, 1.54) is 24.3 Å². The number of urea groups is 1. The van der Waals surface area contributed by atoms with Gasteiger partial charge in [0.05, 0.1) is 10.2 Å². The van der Waals surface area contributed by atoms with E-state index in [1.54, 1.807) is 43.3 Å². The van der Waals surface area contributed by atoms with Crippen molar-refractivity contribution in [3.05, 3.63) is 96.6 Å². The van der Waals surface area contributed by atoms with Crippen LogP contribution in [0.25, 0.3) is 6.08 Å². The van der Waals surface area contributed by atoms with Crippen molar-refractivity contribution in [3.8, 4) is 5.75 Å². The van der Waals surface area contributed by atoms with Crippen molar-refractivity contribution in [1.82, 2.24) is 5.32 Å². The summed E-state index contributed by atoms with van der Waals surface area (Å²) in [5.74, 6) is -1.72. The standard InChI is InChI=1S/C25H16Br2ClFN2O4/c1-13-5-6-17(28)11-21(13)31-24(33)19(23(32)30-25(31)34)9-15-8-16(26)10-20(27)22(15)35-12-14-3-2-4-18(29)7-14/h2-11H,12H2,1H3,(H,30,32,34)/b19-9+. The zero-order valence-electron chi connectivity index (χ0n) is 18.1. The molecule has 10 heteroatoms. The molecule has 3 aromatic carbocycles. The Morgan fingerprint density at radius 3 is 2.60 bits per heavy atom. The van der Waals surface area contributed by atoms with Crippen molar-refractivity contribution < 1.29 is 23.5 Å². The molecule has 1 heterocycles. The van der Waals surface area contributed by atoms with Crippen LogP contribution in [-0.2, 0) is 16.2 Å². The molecular weight excluding hydrogens is 607 g/mol. The molecule has 4 rings (SSSR count). The Balaban J connectivity index is 1.74. The number of benzene rings is 3. The van der Waals surface area contributed by atoms with Crippen molar-refractivity contribution in [1.29, 1.82) is 0 Å². The minimum atomic E-state index is -0.875. The average molecular weight is 623 g/mol. The Morgan fingerprint density at radius 1 is 1.09 bits per heavy atom. The summed E-state index contributed by atoms with van der Waals surface area (Å²) < 4.78 is 20.7. The van der Waals surface area contributed by atoms with Gasteiger partial charge in [-0.05, 0) is 76.5 Å². The van der Waals surface area contributed by atoms with Crippen LogP contribution in [0.15, 0.2) is 69.1 Å². The molecule has 1 N–H and O–H groups in total. The Labute approximate surface area is 222 Å². The highest BCUT2D eigenvalue weighted by Gasteiger charge is 2.37. The maximum atomic E-state index is 13.6. The number of amides is 4. The van der Waals surface area contributed by atoms with Gasteiger partial charge in [0.15, 0.2) is 0 Å². The lowest BCUT2D eigenvalue weighted by Gasteiger charge is -2.27. The van der Waals surface area contributed by atoms with Gasteiger partial charge in [-0.2, -0.15) is 0 Å². The fraction of sp³-hybridized carbons (Fsp3) is 0.0800. The smallest absolute Gasteiger partial charge is 0.335 e. The van der Waals surface area contributed by atoms with E-state index in [-0.39, 0.29) is 17.9 Å². The predicted molar refractivity (Wildman–Crippen MR) is 138 cm³/mol. The number of imide groups is 2. The first-order chi connectivity index (χ1) is 16.6. The van der Waals surface area contributed by atoms with E-state index in [0.29, 0.717) is 36.4 Å². The topological polar surface area (TPSA) is 75.7 Å². The zero-order valence-corrected chi connectivity index (χ0v) is 22.0. The van der Waals surface area contributed by atoms with Crippen LogP contribution < -0.4 is 15.0 Å². The van der Waals surface area contributed by atoms with Gasteiger partial charge in [0, 0.05) is 15.1 Å². The molecule has 1 aliphatic heterocycles. The predicted octanol–water partition coefficient (Wildman–Crippen LogP) is 6.56. The minimum absolute atomic E-state index is 0.0423. The summed E-state index contributed by atoms with van der Waals surface area (Å²) in [6.07, 6.45) is 1.34. The van der Waals surface area contributed by atoms with Crippen molar-refractivity contribution in [2.45, 2.75) is 13.5 Å². The van der Waals surface area contributed by atoms with Crippen LogP contribution in [0, 0.1) is 12.7 Å². The van der Waals surface area contributed by atoms with E-state index in [9.17, 15) is 18.8 Å². The molecule has 0 saturated carbocycles. The second-order valence-electron chi connectivity index (χ2n) is 7.61. The molecule has 1 saturated heterocycles. The largest absolute Gasteiger partial charge is 0.487 e. The van der Waals surface area contributed by atoms with Crippen LogP contribution in [0.1, 0.15) is 16.7 Å². The summed E-state index contributed by atoms with van der Waals surface area (Å²) in [5, 5.41) is 2.53. The van der Waals surface area contributed by atoms with Crippen LogP contribution in [0.3, 0.4) is 0 Å². The normalized spacial score (nSPS) is 14.9. The van der Waals surface area contributed by atoms with Crippen molar-refractivity contribution in [3.63, 3.8) is 0 Å². The fourth-order valence-corrected chi connectivity index (χ4v) is 5.02. The van der Waals surface area contributed by atoms with E-state index >= 15 is 0 Å². The van der Waals surface area contributed by atoms with E-state index in [1.807, 2.05) is 0 Å². The Kier molecular flexibility index (Phi) is 7.39. The van der Waals surface area contributed by atoms with Gasteiger partial charge in [0.25, 0.3) is 11.8 Å². The van der Waals surface area contributed by atoms with Gasteiger partial charge in [-0.25, -0.2) is 14.1 Å². The van der Waals surface area contributed by atoms with Gasteiger partial charge >= 0.3 is 6.03 Å². The van der Waals surface area contributed by atoms with Crippen LogP contribution in [0.5, 0.6) is 5.75 Å². The summed E-state index contributed by atoms with van der Waals surface area (Å²) in [5.41, 5.74) is 1.59. The summed E-state index contributed by atoms with van der Waals surface area (Å²) in [7, 11) is 0. The number of carbonyl (C=O) groups excluding carboxylic acids is 3. The molecule has 6 nitrogen and oxygen atoms in total. The van der Waals surface area contributed by atoms with E-state index in [2.05, 4.69) is 37.2 Å². The second kappa shape index (κ2) is 10.3. The molecule has 0 unspecified atom stereocenters. The lowest BCUT2D eigenvalue weighted by molar-refractivity contribution is -0.122. The molecule has 178 valence electrons. The number of anilines is 1. The minimum Gasteiger partial charge on any atom is -0.487 e. The molecule has 0 bridgehead atoms. The Bertz CT molecular complexity index is 1410. The number of hydrogen-bond donors (Lipinski definition) is 1. The molecule has 1 aliphatic rings. The van der Waals surface area contributed by atoms with Gasteiger partial charge in [0.2, 0.25) is 0 Å². The molecule has 4 amide bonds. The number of nitrogens with one attached hydrogen (secondary N) is 1. The number of halogens is 4. The quantitative estimate of drug-likeness (QED) is 0.259. The van der Waals surface area contributed by atoms with Gasteiger partial charge < -0.3 is 4.74 Å². The number of rotatable bonds is 5. The molecular formula is C25H16Br2ClFN2O4. The average Bonchev–Trinajstić information content (AvgIpc) is 2.78. The molecule has 1 fully saturated rings. The van der Waals surface area contributed by atoms with Gasteiger partial charge in [0.1, 0.15) is 23.7 Å². The number of nitrogens with zero attached hydrogens (tertiary/aromatic N) is 1. The van der Waals surface area contributed by atoms with Crippen LogP contribution in [0.2, 0.25) is 5.02 Å². The first-order valence-corrected chi connectivity index (χ1v) is 12.1. The maximum Gasteiger partial charge on any atom is 0.335 e. The molecule has 0 aliphatic carbocycles. The highest BCUT2D eigenvalue weighted by atomic mass is 79.9. The van der Waals surface area contributed by atoms with Crippen molar-refractivity contribution in [2.75, 3.05) is 4.90 Å². The highest BCUT2D eigenvalue weighted by molar-refractivity contribution is 9.11. The third-order valence-electron chi connectivity index (χ3n) is 5.12. The highest BCUT2D eigenvalue weighted by Crippen LogP contribution is 2.36. The number of hydrogen-bond acceptors (Lipinski definition) is 4. The third kappa shape index (κ3) is 5.47. The lowest BCUT2D eigenvalue weighted by Crippen LogP contribution is -2.54. The van der Waals surface area contributed by atoms with Crippen LogP contribution in [0.4, 0.5) is 14.9 Å².